The van der Waals surface area contributed by atoms with Gasteiger partial charge in [0.25, 0.3) is 0 Å². The average molecular weight is 168 g/mol. The predicted molar refractivity (Wildman–Crippen MR) is 41.9 cm³/mol. The maximum atomic E-state index is 10.2. The van der Waals surface area contributed by atoms with Gasteiger partial charge < -0.3 is 4.74 Å². The van der Waals surface area contributed by atoms with Crippen LogP contribution in [0.3, 0.4) is 0 Å². The van der Waals surface area contributed by atoms with E-state index in [1.54, 1.807) is 0 Å². The number of hydrogen-bond acceptors (Lipinski definition) is 3. The minimum Gasteiger partial charge on any atom is -0.447 e. The first kappa shape index (κ1) is 12.4. The van der Waals surface area contributed by atoms with Gasteiger partial charge >= 0.3 is 5.97 Å². The predicted octanol–water partition coefficient (Wildman–Crippen LogP) is 1.06. The summed E-state index contributed by atoms with van der Waals surface area (Å²) in [6.45, 7) is 3.35. The van der Waals surface area contributed by atoms with E-state index >= 15 is 0 Å². The Balaban J connectivity index is 0. The van der Waals surface area contributed by atoms with Gasteiger partial charge in [-0.3, -0.25) is 10.5 Å². The number of nitrogens with two attached hydrogens (primary N) is 1. The molecule has 4 heteroatoms. The Morgan fingerprint density at radius 3 is 2.50 bits per heavy atom. The van der Waals surface area contributed by atoms with Crippen molar-refractivity contribution in [2.45, 2.75) is 32.9 Å². The molecule has 0 aromatic rings. The number of rotatable bonds is 3. The molecule has 1 unspecified atom stereocenters. The molecule has 0 amide bonds. The fourth-order valence-corrected chi connectivity index (χ4v) is 0.557. The lowest BCUT2D eigenvalue weighted by Gasteiger charge is -2.08. The zero-order chi connectivity index (χ0) is 7.28. The van der Waals surface area contributed by atoms with Gasteiger partial charge in [0.2, 0.25) is 0 Å². The summed E-state index contributed by atoms with van der Waals surface area (Å²) in [7, 11) is 0. The van der Waals surface area contributed by atoms with Crippen molar-refractivity contribution in [3.63, 3.8) is 0 Å². The van der Waals surface area contributed by atoms with E-state index < -0.39 is 6.23 Å². The van der Waals surface area contributed by atoms with E-state index in [-0.39, 0.29) is 18.4 Å². The summed E-state index contributed by atoms with van der Waals surface area (Å²) in [5, 5.41) is 0. The Kier molecular flexibility index (Phi) is 8.48. The summed E-state index contributed by atoms with van der Waals surface area (Å²) in [4.78, 5) is 10.2. The fraction of sp³-hybridized carbons (Fsp3) is 0.833. The molecule has 0 spiro atoms. The normalized spacial score (nSPS) is 11.5. The van der Waals surface area contributed by atoms with E-state index in [4.69, 9.17) is 5.73 Å². The molecule has 0 radical (unpaired) electrons. The summed E-state index contributed by atoms with van der Waals surface area (Å²) in [6.07, 6.45) is 1.26. The second-order valence-corrected chi connectivity index (χ2v) is 1.94. The second-order valence-electron chi connectivity index (χ2n) is 1.94. The molecule has 0 aromatic heterocycles. The molecule has 2 N–H and O–H groups in total. The largest absolute Gasteiger partial charge is 0.447 e. The Morgan fingerprint density at radius 2 is 2.20 bits per heavy atom. The molecule has 62 valence electrons. The Labute approximate surface area is 67.3 Å². The minimum absolute atomic E-state index is 0. The first-order valence-corrected chi connectivity index (χ1v) is 3.09. The number of ether oxygens (including phenoxy) is 1. The standard InChI is InChI=1S/C6H13NO2.ClH/c1-3-4-6(7)9-5(2)8;/h6H,3-4,7H2,1-2H3;1H. The quantitative estimate of drug-likeness (QED) is 0.505. The highest BCUT2D eigenvalue weighted by Crippen LogP contribution is 1.94. The van der Waals surface area contributed by atoms with E-state index in [1.165, 1.54) is 6.92 Å². The minimum atomic E-state index is -0.410. The summed E-state index contributed by atoms with van der Waals surface area (Å²) in [5.41, 5.74) is 5.34. The average Bonchev–Trinajstić information content (AvgIpc) is 1.63. The van der Waals surface area contributed by atoms with Crippen molar-refractivity contribution in [2.24, 2.45) is 5.73 Å². The molecule has 0 aromatic carbocycles. The number of hydrogen-bond donors (Lipinski definition) is 1. The summed E-state index contributed by atoms with van der Waals surface area (Å²) in [5.74, 6) is -0.309. The van der Waals surface area contributed by atoms with Crippen molar-refractivity contribution < 1.29 is 9.53 Å². The first-order chi connectivity index (χ1) is 4.16. The van der Waals surface area contributed by atoms with Crippen molar-refractivity contribution in [1.29, 1.82) is 0 Å². The molecular weight excluding hydrogens is 154 g/mol. The molecular formula is C6H14ClNO2. The highest BCUT2D eigenvalue weighted by atomic mass is 35.5. The van der Waals surface area contributed by atoms with Crippen molar-refractivity contribution in [1.82, 2.24) is 0 Å². The van der Waals surface area contributed by atoms with Gasteiger partial charge in [0.15, 0.2) is 6.23 Å². The van der Waals surface area contributed by atoms with Crippen LogP contribution in [0.1, 0.15) is 26.7 Å². The molecule has 0 saturated heterocycles. The summed E-state index contributed by atoms with van der Waals surface area (Å²) >= 11 is 0. The van der Waals surface area contributed by atoms with Crippen LogP contribution < -0.4 is 5.73 Å². The van der Waals surface area contributed by atoms with Crippen LogP contribution in [-0.2, 0) is 9.53 Å². The van der Waals surface area contributed by atoms with Gasteiger partial charge in [0.05, 0.1) is 0 Å². The van der Waals surface area contributed by atoms with Crippen molar-refractivity contribution >= 4 is 18.4 Å². The van der Waals surface area contributed by atoms with E-state index in [0.29, 0.717) is 0 Å². The van der Waals surface area contributed by atoms with Gasteiger partial charge in [-0.2, -0.15) is 0 Å². The maximum absolute atomic E-state index is 10.2. The van der Waals surface area contributed by atoms with Crippen LogP contribution in [0.25, 0.3) is 0 Å². The molecule has 0 aliphatic heterocycles. The van der Waals surface area contributed by atoms with Gasteiger partial charge in [-0.25, -0.2) is 0 Å². The van der Waals surface area contributed by atoms with Crippen molar-refractivity contribution in [3.8, 4) is 0 Å². The molecule has 0 rings (SSSR count). The smallest absolute Gasteiger partial charge is 0.304 e. The first-order valence-electron chi connectivity index (χ1n) is 3.09. The SMILES string of the molecule is CCCC(N)OC(C)=O.Cl. The molecule has 0 fully saturated rings. The zero-order valence-electron chi connectivity index (χ0n) is 6.29. The van der Waals surface area contributed by atoms with Crippen LogP contribution in [0, 0.1) is 0 Å². The topological polar surface area (TPSA) is 52.3 Å². The fourth-order valence-electron chi connectivity index (χ4n) is 0.557. The Morgan fingerprint density at radius 1 is 1.70 bits per heavy atom. The van der Waals surface area contributed by atoms with E-state index in [1.807, 2.05) is 6.92 Å². The lowest BCUT2D eigenvalue weighted by Crippen LogP contribution is -2.25. The molecule has 1 atom stereocenters. The monoisotopic (exact) mass is 167 g/mol. The molecule has 0 heterocycles. The lowest BCUT2D eigenvalue weighted by atomic mass is 10.3. The van der Waals surface area contributed by atoms with Crippen LogP contribution in [0.15, 0.2) is 0 Å². The van der Waals surface area contributed by atoms with Crippen LogP contribution in [0.4, 0.5) is 0 Å². The molecule has 0 saturated carbocycles. The maximum Gasteiger partial charge on any atom is 0.304 e. The summed E-state index contributed by atoms with van der Waals surface area (Å²) in [6, 6.07) is 0. The van der Waals surface area contributed by atoms with E-state index in [2.05, 4.69) is 4.74 Å². The van der Waals surface area contributed by atoms with Gasteiger partial charge in [-0.05, 0) is 6.42 Å². The van der Waals surface area contributed by atoms with Crippen LogP contribution >= 0.6 is 12.4 Å². The third kappa shape index (κ3) is 7.72. The van der Waals surface area contributed by atoms with Crippen LogP contribution in [0.5, 0.6) is 0 Å². The number of carbonyl (C=O) groups is 1. The molecule has 0 aliphatic rings. The van der Waals surface area contributed by atoms with Gasteiger partial charge in [0.1, 0.15) is 0 Å². The Bertz CT molecular complexity index is 97.7. The van der Waals surface area contributed by atoms with Gasteiger partial charge in [-0.1, -0.05) is 13.3 Å². The summed E-state index contributed by atoms with van der Waals surface area (Å²) < 4.78 is 4.63. The van der Waals surface area contributed by atoms with Crippen LogP contribution in [-0.4, -0.2) is 12.2 Å². The second kappa shape index (κ2) is 6.83. The van der Waals surface area contributed by atoms with Crippen molar-refractivity contribution in [2.75, 3.05) is 0 Å². The third-order valence-corrected chi connectivity index (χ3v) is 0.891. The molecule has 10 heavy (non-hydrogen) atoms. The zero-order valence-corrected chi connectivity index (χ0v) is 7.11. The number of esters is 1. The highest BCUT2D eigenvalue weighted by Gasteiger charge is 2.01. The van der Waals surface area contributed by atoms with Gasteiger partial charge in [0, 0.05) is 6.92 Å². The van der Waals surface area contributed by atoms with Gasteiger partial charge in [-0.15, -0.1) is 12.4 Å². The molecule has 0 bridgehead atoms. The number of halogens is 1. The van der Waals surface area contributed by atoms with E-state index in [0.717, 1.165) is 12.8 Å². The Hall–Kier alpha value is -0.280. The lowest BCUT2D eigenvalue weighted by molar-refractivity contribution is -0.146. The molecule has 3 nitrogen and oxygen atoms in total. The third-order valence-electron chi connectivity index (χ3n) is 0.891. The van der Waals surface area contributed by atoms with Crippen LogP contribution in [0.2, 0.25) is 0 Å². The highest BCUT2D eigenvalue weighted by molar-refractivity contribution is 5.85. The molecule has 0 aliphatic carbocycles. The van der Waals surface area contributed by atoms with Crippen molar-refractivity contribution in [3.05, 3.63) is 0 Å². The number of carbonyl (C=O) groups excluding carboxylic acids is 1. The van der Waals surface area contributed by atoms with E-state index in [9.17, 15) is 4.79 Å².